The van der Waals surface area contributed by atoms with Gasteiger partial charge in [-0.1, -0.05) is 18.2 Å². The molecule has 0 bridgehead atoms. The number of rotatable bonds is 8. The Hall–Kier alpha value is -2.93. The molecule has 0 aliphatic carbocycles. The van der Waals surface area contributed by atoms with Crippen LogP contribution in [0.2, 0.25) is 0 Å². The summed E-state index contributed by atoms with van der Waals surface area (Å²) in [5, 5.41) is 2.81. The second kappa shape index (κ2) is 9.85. The summed E-state index contributed by atoms with van der Waals surface area (Å²) in [4.78, 5) is 17.4. The number of thioether (sulfide) groups is 1. The molecule has 28 heavy (non-hydrogen) atoms. The Morgan fingerprint density at radius 3 is 2.43 bits per heavy atom. The second-order valence-corrected chi connectivity index (χ2v) is 6.93. The molecule has 1 aromatic heterocycles. The molecule has 4 nitrogen and oxygen atoms in total. The molecule has 0 atom stereocenters. The van der Waals surface area contributed by atoms with Crippen molar-refractivity contribution >= 4 is 17.7 Å². The molecule has 7 heteroatoms. The monoisotopic (exact) mass is 400 g/mol. The van der Waals surface area contributed by atoms with Crippen molar-refractivity contribution in [1.82, 2.24) is 10.3 Å². The zero-order chi connectivity index (χ0) is 19.8. The molecular formula is C21H18F2N2O2S. The van der Waals surface area contributed by atoms with Crippen molar-refractivity contribution in [3.8, 4) is 5.75 Å². The summed E-state index contributed by atoms with van der Waals surface area (Å²) in [5.74, 6) is 0.700. The summed E-state index contributed by atoms with van der Waals surface area (Å²) >= 11 is 1.67. The fourth-order valence-corrected chi connectivity index (χ4v) is 3.26. The number of halogens is 2. The fraction of sp³-hybridized carbons (Fsp3) is 0.143. The van der Waals surface area contributed by atoms with Gasteiger partial charge >= 0.3 is 6.61 Å². The van der Waals surface area contributed by atoms with Crippen LogP contribution < -0.4 is 10.1 Å². The van der Waals surface area contributed by atoms with E-state index in [1.165, 1.54) is 12.1 Å². The lowest BCUT2D eigenvalue weighted by molar-refractivity contribution is -0.0498. The molecule has 144 valence electrons. The number of alkyl halides is 2. The third kappa shape index (κ3) is 6.06. The van der Waals surface area contributed by atoms with E-state index in [1.54, 1.807) is 42.2 Å². The Morgan fingerprint density at radius 1 is 1.04 bits per heavy atom. The first kappa shape index (κ1) is 19.8. The summed E-state index contributed by atoms with van der Waals surface area (Å²) in [6.07, 6.45) is 3.58. The average molecular weight is 400 g/mol. The number of hydrogen-bond donors (Lipinski definition) is 1. The van der Waals surface area contributed by atoms with E-state index in [2.05, 4.69) is 15.0 Å². The minimum absolute atomic E-state index is 0.0875. The van der Waals surface area contributed by atoms with Gasteiger partial charge in [0.25, 0.3) is 5.91 Å². The van der Waals surface area contributed by atoms with E-state index < -0.39 is 6.61 Å². The molecule has 0 unspecified atom stereocenters. The Kier molecular flexibility index (Phi) is 6.97. The molecule has 1 N–H and O–H groups in total. The number of hydrogen-bond acceptors (Lipinski definition) is 4. The van der Waals surface area contributed by atoms with Crippen LogP contribution in [0.15, 0.2) is 78.0 Å². The molecule has 3 rings (SSSR count). The summed E-state index contributed by atoms with van der Waals surface area (Å²) < 4.78 is 28.6. The zero-order valence-corrected chi connectivity index (χ0v) is 15.7. The maximum absolute atomic E-state index is 12.3. The minimum atomic E-state index is -2.85. The predicted molar refractivity (Wildman–Crippen MR) is 104 cm³/mol. The highest BCUT2D eigenvalue weighted by Crippen LogP contribution is 2.22. The summed E-state index contributed by atoms with van der Waals surface area (Å²) in [6, 6.07) is 17.5. The summed E-state index contributed by atoms with van der Waals surface area (Å²) in [6.45, 7) is -2.55. The van der Waals surface area contributed by atoms with Gasteiger partial charge in [0.1, 0.15) is 5.75 Å². The van der Waals surface area contributed by atoms with E-state index in [4.69, 9.17) is 0 Å². The molecule has 2 aromatic carbocycles. The van der Waals surface area contributed by atoms with E-state index in [1.807, 2.05) is 30.5 Å². The lowest BCUT2D eigenvalue weighted by atomic mass is 10.2. The third-order valence-electron chi connectivity index (χ3n) is 3.85. The van der Waals surface area contributed by atoms with Gasteiger partial charge in [0.2, 0.25) is 0 Å². The van der Waals surface area contributed by atoms with Crippen molar-refractivity contribution in [1.29, 1.82) is 0 Å². The van der Waals surface area contributed by atoms with Gasteiger partial charge in [-0.05, 0) is 53.6 Å². The first-order valence-corrected chi connectivity index (χ1v) is 9.52. The molecule has 0 aliphatic rings. The van der Waals surface area contributed by atoms with Crippen LogP contribution in [0.5, 0.6) is 5.75 Å². The largest absolute Gasteiger partial charge is 0.435 e. The summed E-state index contributed by atoms with van der Waals surface area (Å²) in [7, 11) is 0. The van der Waals surface area contributed by atoms with Crippen LogP contribution in [0, 0.1) is 0 Å². The van der Waals surface area contributed by atoms with Crippen molar-refractivity contribution in [3.63, 3.8) is 0 Å². The number of carbonyl (C=O) groups is 1. The molecule has 0 fully saturated rings. The average Bonchev–Trinajstić information content (AvgIpc) is 2.72. The van der Waals surface area contributed by atoms with Gasteiger partial charge in [0.05, 0.1) is 0 Å². The number of pyridine rings is 1. The molecule has 3 aromatic rings. The van der Waals surface area contributed by atoms with Gasteiger partial charge in [-0.3, -0.25) is 9.78 Å². The van der Waals surface area contributed by atoms with Gasteiger partial charge in [0.15, 0.2) is 0 Å². The van der Waals surface area contributed by atoms with Crippen LogP contribution in [-0.2, 0) is 12.3 Å². The zero-order valence-electron chi connectivity index (χ0n) is 14.8. The van der Waals surface area contributed by atoms with E-state index in [9.17, 15) is 13.6 Å². The Bertz CT molecular complexity index is 889. The SMILES string of the molecule is O=C(NCc1ccc(OC(F)F)cc1)c1ccc(SCc2cccnc2)cc1. The van der Waals surface area contributed by atoms with Crippen molar-refractivity contribution in [3.05, 3.63) is 89.7 Å². The number of ether oxygens (including phenoxy) is 1. The van der Waals surface area contributed by atoms with E-state index >= 15 is 0 Å². The number of nitrogens with zero attached hydrogens (tertiary/aromatic N) is 1. The Balaban J connectivity index is 1.49. The predicted octanol–water partition coefficient (Wildman–Crippen LogP) is 4.91. The van der Waals surface area contributed by atoms with Crippen LogP contribution in [0.3, 0.4) is 0 Å². The molecular weight excluding hydrogens is 382 g/mol. The third-order valence-corrected chi connectivity index (χ3v) is 4.93. The highest BCUT2D eigenvalue weighted by molar-refractivity contribution is 7.98. The number of aromatic nitrogens is 1. The quantitative estimate of drug-likeness (QED) is 0.546. The summed E-state index contributed by atoms with van der Waals surface area (Å²) in [5.41, 5.74) is 2.49. The second-order valence-electron chi connectivity index (χ2n) is 5.88. The number of benzene rings is 2. The first-order chi connectivity index (χ1) is 13.6. The van der Waals surface area contributed by atoms with Crippen LogP contribution in [0.25, 0.3) is 0 Å². The molecule has 0 radical (unpaired) electrons. The minimum Gasteiger partial charge on any atom is -0.435 e. The van der Waals surface area contributed by atoms with E-state index in [0.717, 1.165) is 21.8 Å². The van der Waals surface area contributed by atoms with Gasteiger partial charge in [-0.15, -0.1) is 11.8 Å². The lowest BCUT2D eigenvalue weighted by Gasteiger charge is -2.08. The van der Waals surface area contributed by atoms with Crippen molar-refractivity contribution in [2.75, 3.05) is 0 Å². The first-order valence-electron chi connectivity index (χ1n) is 8.54. The van der Waals surface area contributed by atoms with E-state index in [-0.39, 0.29) is 11.7 Å². The number of nitrogens with one attached hydrogen (secondary N) is 1. The molecule has 1 heterocycles. The van der Waals surface area contributed by atoms with Crippen molar-refractivity contribution in [2.24, 2.45) is 0 Å². The van der Waals surface area contributed by atoms with Gasteiger partial charge in [0, 0.05) is 35.2 Å². The highest BCUT2D eigenvalue weighted by Gasteiger charge is 2.07. The Morgan fingerprint density at radius 2 is 1.79 bits per heavy atom. The fourth-order valence-electron chi connectivity index (χ4n) is 2.43. The van der Waals surface area contributed by atoms with Gasteiger partial charge < -0.3 is 10.1 Å². The van der Waals surface area contributed by atoms with Crippen LogP contribution in [0.4, 0.5) is 8.78 Å². The Labute approximate surface area is 166 Å². The smallest absolute Gasteiger partial charge is 0.387 e. The molecule has 0 aliphatic heterocycles. The highest BCUT2D eigenvalue weighted by atomic mass is 32.2. The van der Waals surface area contributed by atoms with Crippen LogP contribution in [-0.4, -0.2) is 17.5 Å². The van der Waals surface area contributed by atoms with Crippen LogP contribution >= 0.6 is 11.8 Å². The van der Waals surface area contributed by atoms with Gasteiger partial charge in [-0.2, -0.15) is 8.78 Å². The van der Waals surface area contributed by atoms with E-state index in [0.29, 0.717) is 12.1 Å². The standard InChI is InChI=1S/C21H18F2N2O2S/c22-21(23)27-18-7-3-15(4-8-18)13-25-20(26)17-5-9-19(10-6-17)28-14-16-2-1-11-24-12-16/h1-12,21H,13-14H2,(H,25,26). The molecule has 1 amide bonds. The number of carbonyl (C=O) groups excluding carboxylic acids is 1. The van der Waals surface area contributed by atoms with Crippen LogP contribution in [0.1, 0.15) is 21.5 Å². The molecule has 0 saturated heterocycles. The molecule has 0 spiro atoms. The molecule has 0 saturated carbocycles. The van der Waals surface area contributed by atoms with Crippen molar-refractivity contribution in [2.45, 2.75) is 23.8 Å². The topological polar surface area (TPSA) is 51.2 Å². The van der Waals surface area contributed by atoms with Gasteiger partial charge in [-0.25, -0.2) is 0 Å². The maximum atomic E-state index is 12.3. The lowest BCUT2D eigenvalue weighted by Crippen LogP contribution is -2.22. The van der Waals surface area contributed by atoms with Crippen molar-refractivity contribution < 1.29 is 18.3 Å². The number of amides is 1. The normalized spacial score (nSPS) is 10.7. The maximum Gasteiger partial charge on any atom is 0.387 e.